The minimum absolute atomic E-state index is 0.0659. The number of aromatic nitrogens is 7. The third-order valence-corrected chi connectivity index (χ3v) is 7.68. The zero-order valence-corrected chi connectivity index (χ0v) is 22.1. The Balaban J connectivity index is 1.30. The van der Waals surface area contributed by atoms with E-state index < -0.39 is 24.3 Å². The number of aliphatic hydroxyl groups excluding tert-OH is 2. The summed E-state index contributed by atoms with van der Waals surface area (Å²) in [7, 11) is 0. The number of nitrogens with zero attached hydrogens (tertiary/aromatic N) is 7. The minimum atomic E-state index is -1.05. The number of anilines is 1. The molecule has 200 valence electrons. The lowest BCUT2D eigenvalue weighted by Gasteiger charge is -2.20. The predicted octanol–water partition coefficient (Wildman–Crippen LogP) is 3.79. The van der Waals surface area contributed by atoms with Crippen molar-refractivity contribution >= 4 is 28.6 Å². The summed E-state index contributed by atoms with van der Waals surface area (Å²) in [6, 6.07) is 19.7. The van der Waals surface area contributed by atoms with Gasteiger partial charge in [-0.1, -0.05) is 72.8 Å². The summed E-state index contributed by atoms with van der Waals surface area (Å²) >= 11 is 6.38. The maximum atomic E-state index is 11.0. The first-order chi connectivity index (χ1) is 19.0. The van der Waals surface area contributed by atoms with Crippen LogP contribution in [0.5, 0.6) is 0 Å². The zero-order chi connectivity index (χ0) is 26.9. The lowest BCUT2D eigenvalue weighted by Crippen LogP contribution is -2.30. The van der Waals surface area contributed by atoms with Gasteiger partial charge in [0.15, 0.2) is 17.0 Å². The highest BCUT2D eigenvalue weighted by Crippen LogP contribution is 2.40. The summed E-state index contributed by atoms with van der Waals surface area (Å²) in [5.74, 6) is 0.579. The van der Waals surface area contributed by atoms with Crippen LogP contribution < -0.4 is 5.32 Å². The molecule has 0 aliphatic heterocycles. The normalized spacial score (nSPS) is 21.2. The molecule has 4 atom stereocenters. The molecule has 1 fully saturated rings. The molecule has 6 rings (SSSR count). The molecule has 5 aromatic rings. The van der Waals surface area contributed by atoms with E-state index in [-0.39, 0.29) is 11.2 Å². The quantitative estimate of drug-likeness (QED) is 0.252. The number of halogens is 1. The van der Waals surface area contributed by atoms with Gasteiger partial charge in [0.25, 0.3) is 0 Å². The largest absolute Gasteiger partial charge is 0.388 e. The second-order valence-electron chi connectivity index (χ2n) is 9.82. The molecule has 1 aliphatic carbocycles. The lowest BCUT2D eigenvalue weighted by molar-refractivity contribution is 0.00696. The maximum Gasteiger partial charge on any atom is 0.226 e. The number of hydrogen-bond acceptors (Lipinski definition) is 8. The van der Waals surface area contributed by atoms with E-state index in [1.54, 1.807) is 15.6 Å². The Morgan fingerprint density at radius 1 is 0.974 bits per heavy atom. The van der Waals surface area contributed by atoms with Gasteiger partial charge >= 0.3 is 0 Å². The Kier molecular flexibility index (Phi) is 6.99. The second-order valence-corrected chi connectivity index (χ2v) is 10.2. The van der Waals surface area contributed by atoms with E-state index in [0.29, 0.717) is 29.9 Å². The van der Waals surface area contributed by atoms with Gasteiger partial charge in [0, 0.05) is 18.7 Å². The van der Waals surface area contributed by atoms with E-state index in [0.717, 1.165) is 12.1 Å². The van der Waals surface area contributed by atoms with Crippen LogP contribution in [0.2, 0.25) is 5.28 Å². The van der Waals surface area contributed by atoms with Crippen molar-refractivity contribution in [2.24, 2.45) is 0 Å². The van der Waals surface area contributed by atoms with Crippen molar-refractivity contribution in [3.05, 3.63) is 95.3 Å². The molecule has 0 bridgehead atoms. The van der Waals surface area contributed by atoms with E-state index in [1.165, 1.54) is 11.1 Å². The number of hydrogen-bond donors (Lipinski definition) is 3. The predicted molar refractivity (Wildman–Crippen MR) is 148 cm³/mol. The summed E-state index contributed by atoms with van der Waals surface area (Å²) in [4.78, 5) is 13.5. The Morgan fingerprint density at radius 3 is 2.28 bits per heavy atom. The average molecular weight is 545 g/mol. The first-order valence-corrected chi connectivity index (χ1v) is 13.4. The number of fused-ring (bicyclic) bond motifs is 1. The monoisotopic (exact) mass is 544 g/mol. The van der Waals surface area contributed by atoms with E-state index in [9.17, 15) is 10.2 Å². The van der Waals surface area contributed by atoms with Crippen LogP contribution in [0.15, 0.2) is 73.2 Å². The van der Waals surface area contributed by atoms with Crippen LogP contribution in [0.25, 0.3) is 11.2 Å². The first-order valence-electron chi connectivity index (χ1n) is 13.0. The molecule has 4 unspecified atom stereocenters. The standard InChI is InChI=1S/C28H29ClN8O2/c1-2-19-15-37(35-34-19)22-13-21(24(38)25(22)39)36-16-31-23-26(32-28(29)33-27(23)36)30-14-20(17-9-5-3-6-10-17)18-11-7-4-8-12-18/h3-12,15-16,20-22,24-25,38-39H,2,13-14H2,1H3,(H,30,32,33). The second kappa shape index (κ2) is 10.7. The Hall–Kier alpha value is -3.86. The van der Waals surface area contributed by atoms with Gasteiger partial charge in [-0.3, -0.25) is 0 Å². The number of aryl methyl sites for hydroxylation is 1. The number of benzene rings is 2. The summed E-state index contributed by atoms with van der Waals surface area (Å²) < 4.78 is 3.40. The van der Waals surface area contributed by atoms with E-state index in [1.807, 2.05) is 49.5 Å². The van der Waals surface area contributed by atoms with Gasteiger partial charge in [0.2, 0.25) is 5.28 Å². The smallest absolute Gasteiger partial charge is 0.226 e. The van der Waals surface area contributed by atoms with Crippen LogP contribution >= 0.6 is 11.6 Å². The fourth-order valence-corrected chi connectivity index (χ4v) is 5.58. The van der Waals surface area contributed by atoms with Crippen LogP contribution in [0.3, 0.4) is 0 Å². The number of rotatable bonds is 8. The van der Waals surface area contributed by atoms with Crippen molar-refractivity contribution in [3.8, 4) is 0 Å². The highest BCUT2D eigenvalue weighted by molar-refractivity contribution is 6.28. The molecular formula is C28H29ClN8O2. The van der Waals surface area contributed by atoms with E-state index in [2.05, 4.69) is 54.8 Å². The molecule has 11 heteroatoms. The Bertz CT molecular complexity index is 1520. The topological polar surface area (TPSA) is 127 Å². The van der Waals surface area contributed by atoms with Crippen molar-refractivity contribution < 1.29 is 10.2 Å². The summed E-state index contributed by atoms with van der Waals surface area (Å²) in [5, 5.41) is 33.7. The van der Waals surface area contributed by atoms with Gasteiger partial charge in [0.05, 0.1) is 24.1 Å². The molecule has 10 nitrogen and oxygen atoms in total. The molecule has 0 amide bonds. The fourth-order valence-electron chi connectivity index (χ4n) is 5.42. The molecule has 0 radical (unpaired) electrons. The zero-order valence-electron chi connectivity index (χ0n) is 21.3. The maximum absolute atomic E-state index is 11.0. The molecule has 39 heavy (non-hydrogen) atoms. The highest BCUT2D eigenvalue weighted by Gasteiger charge is 2.44. The Morgan fingerprint density at radius 2 is 1.64 bits per heavy atom. The molecule has 0 saturated heterocycles. The fraction of sp³-hybridized carbons (Fsp3) is 0.321. The highest BCUT2D eigenvalue weighted by atomic mass is 35.5. The van der Waals surface area contributed by atoms with Crippen molar-refractivity contribution in [2.45, 2.75) is 50.0 Å². The lowest BCUT2D eigenvalue weighted by atomic mass is 9.91. The SMILES string of the molecule is CCc1cn(C2CC(n3cnc4c(NCC(c5ccccc5)c5ccccc5)nc(Cl)nc43)C(O)C2O)nn1. The van der Waals surface area contributed by atoms with Gasteiger partial charge in [0.1, 0.15) is 12.2 Å². The van der Waals surface area contributed by atoms with Crippen molar-refractivity contribution in [3.63, 3.8) is 0 Å². The van der Waals surface area contributed by atoms with Crippen LogP contribution in [0.1, 0.15) is 48.2 Å². The minimum Gasteiger partial charge on any atom is -0.388 e. The third-order valence-electron chi connectivity index (χ3n) is 7.51. The van der Waals surface area contributed by atoms with Gasteiger partial charge < -0.3 is 20.1 Å². The third kappa shape index (κ3) is 4.87. The van der Waals surface area contributed by atoms with Crippen molar-refractivity contribution in [1.29, 1.82) is 0 Å². The van der Waals surface area contributed by atoms with Crippen molar-refractivity contribution in [1.82, 2.24) is 34.5 Å². The van der Waals surface area contributed by atoms with Crippen LogP contribution in [0, 0.1) is 0 Å². The number of nitrogens with one attached hydrogen (secondary N) is 1. The number of aliphatic hydroxyl groups is 2. The van der Waals surface area contributed by atoms with Crippen molar-refractivity contribution in [2.75, 3.05) is 11.9 Å². The summed E-state index contributed by atoms with van der Waals surface area (Å²) in [6.45, 7) is 2.55. The Labute approximate surface area is 230 Å². The van der Waals surface area contributed by atoms with Crippen LogP contribution in [-0.4, -0.2) is 63.5 Å². The molecule has 1 aliphatic rings. The molecule has 3 N–H and O–H groups in total. The van der Waals surface area contributed by atoms with E-state index in [4.69, 9.17) is 11.6 Å². The molecular weight excluding hydrogens is 516 g/mol. The average Bonchev–Trinajstić information content (AvgIpc) is 3.68. The number of imidazole rings is 1. The molecule has 3 heterocycles. The van der Waals surface area contributed by atoms with Crippen LogP contribution in [0.4, 0.5) is 5.82 Å². The van der Waals surface area contributed by atoms with Crippen LogP contribution in [-0.2, 0) is 6.42 Å². The summed E-state index contributed by atoms with van der Waals surface area (Å²) in [5.41, 5.74) is 4.20. The first kappa shape index (κ1) is 25.4. The van der Waals surface area contributed by atoms with Gasteiger partial charge in [-0.2, -0.15) is 9.97 Å². The molecule has 1 saturated carbocycles. The van der Waals surface area contributed by atoms with Gasteiger partial charge in [-0.25, -0.2) is 9.67 Å². The molecule has 2 aromatic carbocycles. The van der Waals surface area contributed by atoms with Gasteiger partial charge in [-0.05, 0) is 35.6 Å². The summed E-state index contributed by atoms with van der Waals surface area (Å²) in [6.07, 6.45) is 2.52. The van der Waals surface area contributed by atoms with Gasteiger partial charge in [-0.15, -0.1) is 5.10 Å². The molecule has 3 aromatic heterocycles. The molecule has 0 spiro atoms. The van der Waals surface area contributed by atoms with E-state index >= 15 is 0 Å².